The number of nitrogens with zero attached hydrogens (tertiary/aromatic N) is 2. The van der Waals surface area contributed by atoms with Gasteiger partial charge in [-0.2, -0.15) is 0 Å². The van der Waals surface area contributed by atoms with Crippen molar-refractivity contribution in [3.63, 3.8) is 0 Å². The van der Waals surface area contributed by atoms with E-state index in [1.165, 1.54) is 7.11 Å². The monoisotopic (exact) mass is 423 g/mol. The Hall–Kier alpha value is -3.68. The van der Waals surface area contributed by atoms with E-state index in [-0.39, 0.29) is 11.8 Å². The quantitative estimate of drug-likeness (QED) is 0.655. The first-order valence-electron chi connectivity index (χ1n) is 9.98. The molecule has 1 fully saturated rings. The van der Waals surface area contributed by atoms with E-state index in [9.17, 15) is 9.59 Å². The Bertz CT molecular complexity index is 1170. The molecule has 0 unspecified atom stereocenters. The highest BCUT2D eigenvalue weighted by Crippen LogP contribution is 2.38. The number of carbonyl (C=O) groups is 2. The van der Waals surface area contributed by atoms with Crippen molar-refractivity contribution in [1.82, 2.24) is 4.57 Å². The Labute approximate surface area is 180 Å². The van der Waals surface area contributed by atoms with E-state index in [0.717, 1.165) is 17.3 Å². The van der Waals surface area contributed by atoms with Gasteiger partial charge in [-0.05, 0) is 36.8 Å². The predicted molar refractivity (Wildman–Crippen MR) is 119 cm³/mol. The summed E-state index contributed by atoms with van der Waals surface area (Å²) >= 11 is 0. The maximum atomic E-state index is 13.4. The number of benzene rings is 2. The molecular formula is C23H25N3O5. The van der Waals surface area contributed by atoms with Gasteiger partial charge in [-0.25, -0.2) is 0 Å². The van der Waals surface area contributed by atoms with Gasteiger partial charge in [-0.1, -0.05) is 0 Å². The number of aromatic nitrogens is 1. The van der Waals surface area contributed by atoms with Crippen molar-refractivity contribution >= 4 is 34.1 Å². The molecule has 8 nitrogen and oxygen atoms in total. The number of methoxy groups -OCH3 is 3. The molecule has 31 heavy (non-hydrogen) atoms. The number of aryl methyl sites for hydroxylation is 1. The van der Waals surface area contributed by atoms with E-state index in [1.807, 2.05) is 29.8 Å². The zero-order chi connectivity index (χ0) is 22.1. The molecule has 2 aromatic carbocycles. The first-order valence-corrected chi connectivity index (χ1v) is 9.98. The Morgan fingerprint density at radius 1 is 1.00 bits per heavy atom. The van der Waals surface area contributed by atoms with Crippen LogP contribution in [0.2, 0.25) is 0 Å². The molecule has 2 heterocycles. The lowest BCUT2D eigenvalue weighted by Crippen LogP contribution is -2.27. The summed E-state index contributed by atoms with van der Waals surface area (Å²) in [6, 6.07) is 10.8. The fourth-order valence-corrected chi connectivity index (χ4v) is 4.05. The molecule has 1 N–H and O–H groups in total. The average molecular weight is 423 g/mol. The summed E-state index contributed by atoms with van der Waals surface area (Å²) in [6.07, 6.45) is 1.23. The van der Waals surface area contributed by atoms with Gasteiger partial charge >= 0.3 is 0 Å². The van der Waals surface area contributed by atoms with Gasteiger partial charge in [-0.15, -0.1) is 0 Å². The van der Waals surface area contributed by atoms with E-state index < -0.39 is 0 Å². The van der Waals surface area contributed by atoms with Crippen molar-refractivity contribution < 1.29 is 23.8 Å². The summed E-state index contributed by atoms with van der Waals surface area (Å²) in [7, 11) is 6.51. The van der Waals surface area contributed by atoms with Crippen LogP contribution in [0.15, 0.2) is 36.4 Å². The van der Waals surface area contributed by atoms with Crippen molar-refractivity contribution in [3.05, 3.63) is 42.1 Å². The third kappa shape index (κ3) is 3.54. The molecule has 1 aromatic heterocycles. The number of ether oxygens (including phenoxy) is 3. The van der Waals surface area contributed by atoms with E-state index in [1.54, 1.807) is 37.3 Å². The zero-order valence-corrected chi connectivity index (χ0v) is 18.0. The number of amides is 2. The van der Waals surface area contributed by atoms with Crippen LogP contribution in [0.3, 0.4) is 0 Å². The summed E-state index contributed by atoms with van der Waals surface area (Å²) in [5, 5.41) is 3.73. The third-order valence-electron chi connectivity index (χ3n) is 5.58. The third-order valence-corrected chi connectivity index (χ3v) is 5.58. The van der Waals surface area contributed by atoms with Gasteiger partial charge < -0.3 is 29.0 Å². The van der Waals surface area contributed by atoms with Crippen molar-refractivity contribution in [2.75, 3.05) is 38.1 Å². The van der Waals surface area contributed by atoms with E-state index in [2.05, 4.69) is 5.32 Å². The van der Waals surface area contributed by atoms with Gasteiger partial charge in [0.1, 0.15) is 11.4 Å². The topological polar surface area (TPSA) is 82.0 Å². The lowest BCUT2D eigenvalue weighted by Gasteiger charge is -2.18. The molecule has 0 atom stereocenters. The van der Waals surface area contributed by atoms with Crippen molar-refractivity contribution in [2.24, 2.45) is 7.05 Å². The minimum atomic E-state index is -0.320. The highest BCUT2D eigenvalue weighted by Gasteiger charge is 2.31. The van der Waals surface area contributed by atoms with Gasteiger partial charge in [0, 0.05) is 37.2 Å². The molecule has 0 bridgehead atoms. The van der Waals surface area contributed by atoms with E-state index >= 15 is 0 Å². The van der Waals surface area contributed by atoms with Crippen LogP contribution < -0.4 is 24.4 Å². The molecule has 8 heteroatoms. The Morgan fingerprint density at radius 3 is 2.42 bits per heavy atom. The molecular weight excluding hydrogens is 398 g/mol. The maximum Gasteiger partial charge on any atom is 0.274 e. The molecule has 0 saturated carbocycles. The van der Waals surface area contributed by atoms with Crippen molar-refractivity contribution in [2.45, 2.75) is 12.8 Å². The standard InChI is InChI=1S/C23H25N3O5/c1-25-17-9-8-15(29-2)13-16(17)21(26-11-5-6-20(26)27)22(25)23(28)24-14-7-10-18(30-3)19(12-14)31-4/h7-10,12-13H,5-6,11H2,1-4H3,(H,24,28). The minimum Gasteiger partial charge on any atom is -0.497 e. The molecule has 1 aliphatic rings. The predicted octanol–water partition coefficient (Wildman–Crippen LogP) is 3.58. The smallest absolute Gasteiger partial charge is 0.274 e. The normalized spacial score (nSPS) is 13.5. The van der Waals surface area contributed by atoms with Crippen LogP contribution in [0.5, 0.6) is 17.2 Å². The number of anilines is 2. The second kappa shape index (κ2) is 8.22. The number of hydrogen-bond acceptors (Lipinski definition) is 5. The summed E-state index contributed by atoms with van der Waals surface area (Å²) in [5.74, 6) is 1.44. The summed E-state index contributed by atoms with van der Waals surface area (Å²) in [4.78, 5) is 27.7. The number of fused-ring (bicyclic) bond motifs is 1. The minimum absolute atomic E-state index is 0.00971. The molecule has 3 aromatic rings. The van der Waals surface area contributed by atoms with Crippen LogP contribution in [0.4, 0.5) is 11.4 Å². The average Bonchev–Trinajstić information content (AvgIpc) is 3.33. The molecule has 2 amide bonds. The summed E-state index contributed by atoms with van der Waals surface area (Å²) in [6.45, 7) is 0.575. The van der Waals surface area contributed by atoms with Gasteiger partial charge in [0.25, 0.3) is 5.91 Å². The molecule has 162 valence electrons. The van der Waals surface area contributed by atoms with Crippen molar-refractivity contribution in [3.8, 4) is 17.2 Å². The highest BCUT2D eigenvalue weighted by atomic mass is 16.5. The van der Waals surface area contributed by atoms with E-state index in [4.69, 9.17) is 14.2 Å². The van der Waals surface area contributed by atoms with Crippen LogP contribution in [-0.2, 0) is 11.8 Å². The van der Waals surface area contributed by atoms with Crippen LogP contribution in [-0.4, -0.2) is 44.3 Å². The SMILES string of the molecule is COc1ccc2c(c1)c(N1CCCC1=O)c(C(=O)Nc1ccc(OC)c(OC)c1)n2C. The number of rotatable bonds is 6. The fraction of sp³-hybridized carbons (Fsp3) is 0.304. The second-order valence-electron chi connectivity index (χ2n) is 7.31. The lowest BCUT2D eigenvalue weighted by molar-refractivity contribution is -0.117. The zero-order valence-electron chi connectivity index (χ0n) is 18.0. The van der Waals surface area contributed by atoms with Gasteiger partial charge in [0.15, 0.2) is 11.5 Å². The first-order chi connectivity index (χ1) is 15.0. The maximum absolute atomic E-state index is 13.4. The highest BCUT2D eigenvalue weighted by molar-refractivity contribution is 6.17. The van der Waals surface area contributed by atoms with Crippen LogP contribution in [0.25, 0.3) is 10.9 Å². The molecule has 0 radical (unpaired) electrons. The van der Waals surface area contributed by atoms with Crippen molar-refractivity contribution in [1.29, 1.82) is 0 Å². The molecule has 0 spiro atoms. The Morgan fingerprint density at radius 2 is 1.77 bits per heavy atom. The van der Waals surface area contributed by atoms with Gasteiger partial charge in [0.05, 0.1) is 32.5 Å². The Balaban J connectivity index is 1.81. The number of hydrogen-bond donors (Lipinski definition) is 1. The largest absolute Gasteiger partial charge is 0.497 e. The number of nitrogens with one attached hydrogen (secondary N) is 1. The van der Waals surface area contributed by atoms with E-state index in [0.29, 0.717) is 47.3 Å². The number of carbonyl (C=O) groups excluding carboxylic acids is 2. The van der Waals surface area contributed by atoms with Crippen LogP contribution in [0, 0.1) is 0 Å². The molecule has 1 aliphatic heterocycles. The van der Waals surface area contributed by atoms with Gasteiger partial charge in [-0.3, -0.25) is 9.59 Å². The molecule has 4 rings (SSSR count). The first kappa shape index (κ1) is 20.6. The molecule has 1 saturated heterocycles. The van der Waals surface area contributed by atoms with Gasteiger partial charge in [0.2, 0.25) is 5.91 Å². The second-order valence-corrected chi connectivity index (χ2v) is 7.31. The molecule has 0 aliphatic carbocycles. The van der Waals surface area contributed by atoms with Crippen LogP contribution in [0.1, 0.15) is 23.3 Å². The Kier molecular flexibility index (Phi) is 5.46. The summed E-state index contributed by atoms with van der Waals surface area (Å²) in [5.41, 5.74) is 2.42. The fourth-order valence-electron chi connectivity index (χ4n) is 4.05. The van der Waals surface area contributed by atoms with Crippen LogP contribution >= 0.6 is 0 Å². The lowest BCUT2D eigenvalue weighted by atomic mass is 10.2. The summed E-state index contributed by atoms with van der Waals surface area (Å²) < 4.78 is 17.8.